The maximum atomic E-state index is 4.12. The highest BCUT2D eigenvalue weighted by atomic mass is 79.9. The fourth-order valence-electron chi connectivity index (χ4n) is 6.52. The molecule has 29 heavy (non-hydrogen) atoms. The number of nitrogens with one attached hydrogen (secondary N) is 2. The number of aromatic nitrogens is 1. The molecule has 0 aromatic heterocycles. The van der Waals surface area contributed by atoms with Gasteiger partial charge in [0.25, 0.3) is 0 Å². The third-order valence-corrected chi connectivity index (χ3v) is 11.1. The first kappa shape index (κ1) is 19.2. The monoisotopic (exact) mass is 532 g/mol. The third-order valence-electron chi connectivity index (χ3n) is 7.75. The molecule has 0 amide bonds. The van der Waals surface area contributed by atoms with Crippen LogP contribution in [0.3, 0.4) is 0 Å². The molecule has 1 saturated heterocycles. The molecule has 6 atom stereocenters. The number of piperidine rings is 1. The fourth-order valence-corrected chi connectivity index (χ4v) is 9.73. The molecule has 1 aromatic rings. The number of thioether (sulfide) groups is 1. The van der Waals surface area contributed by atoms with E-state index in [1.54, 1.807) is 0 Å². The molecule has 2 nitrogen and oxygen atoms in total. The lowest BCUT2D eigenvalue weighted by Crippen LogP contribution is -2.40. The second-order valence-corrected chi connectivity index (χ2v) is 12.5. The number of halogens is 2. The molecule has 3 aliphatic carbocycles. The van der Waals surface area contributed by atoms with Gasteiger partial charge in [-0.2, -0.15) is 0 Å². The van der Waals surface area contributed by atoms with Crippen molar-refractivity contribution in [3.05, 3.63) is 41.1 Å². The zero-order valence-corrected chi connectivity index (χ0v) is 20.3. The normalized spacial score (nSPS) is 34.4. The maximum absolute atomic E-state index is 4.12. The molecule has 6 rings (SSSR count). The van der Waals surface area contributed by atoms with Gasteiger partial charge in [-0.15, -0.1) is 11.8 Å². The lowest BCUT2D eigenvalue weighted by Gasteiger charge is -2.39. The zero-order valence-electron chi connectivity index (χ0n) is 16.3. The molecular formula is C24H26Br2N2S. The smallest absolute Gasteiger partial charge is 0.0271 e. The summed E-state index contributed by atoms with van der Waals surface area (Å²) in [4.78, 5) is 5.35. The van der Waals surface area contributed by atoms with Gasteiger partial charge in [0, 0.05) is 42.8 Å². The van der Waals surface area contributed by atoms with Crippen LogP contribution in [0.1, 0.15) is 25.7 Å². The molecule has 0 radical (unpaired) electrons. The Kier molecular flexibility index (Phi) is 5.02. The number of H-pyrrole nitrogens is 1. The van der Waals surface area contributed by atoms with Crippen molar-refractivity contribution in [2.75, 3.05) is 13.1 Å². The van der Waals surface area contributed by atoms with Crippen LogP contribution in [0.5, 0.6) is 0 Å². The first-order valence-electron chi connectivity index (χ1n) is 10.9. The van der Waals surface area contributed by atoms with Crippen LogP contribution in [0.2, 0.25) is 0 Å². The van der Waals surface area contributed by atoms with E-state index in [0.29, 0.717) is 10.1 Å². The Bertz CT molecular complexity index is 1020. The first-order chi connectivity index (χ1) is 14.2. The van der Waals surface area contributed by atoms with Gasteiger partial charge < -0.3 is 10.3 Å². The summed E-state index contributed by atoms with van der Waals surface area (Å²) in [5, 5.41) is 7.11. The molecule has 0 bridgehead atoms. The predicted molar refractivity (Wildman–Crippen MR) is 130 cm³/mol. The highest BCUT2D eigenvalue weighted by Crippen LogP contribution is 2.56. The predicted octanol–water partition coefficient (Wildman–Crippen LogP) is 6.92. The summed E-state index contributed by atoms with van der Waals surface area (Å²) in [6.07, 6.45) is 9.73. The number of rotatable bonds is 2. The van der Waals surface area contributed by atoms with Crippen LogP contribution in [-0.2, 0) is 0 Å². The molecule has 1 aromatic carbocycles. The van der Waals surface area contributed by atoms with Crippen molar-refractivity contribution in [3.8, 4) is 11.1 Å². The van der Waals surface area contributed by atoms with E-state index in [4.69, 9.17) is 0 Å². The van der Waals surface area contributed by atoms with Gasteiger partial charge in [-0.3, -0.25) is 0 Å². The van der Waals surface area contributed by atoms with E-state index in [2.05, 4.69) is 84.4 Å². The van der Waals surface area contributed by atoms with Gasteiger partial charge in [-0.25, -0.2) is 0 Å². The highest BCUT2D eigenvalue weighted by Gasteiger charge is 2.50. The minimum Gasteiger partial charge on any atom is -0.367 e. The molecular weight excluding hydrogens is 508 g/mol. The minimum absolute atomic E-state index is 0.615. The van der Waals surface area contributed by atoms with E-state index in [0.717, 1.165) is 23.7 Å². The molecule has 2 heterocycles. The average Bonchev–Trinajstić information content (AvgIpc) is 3.28. The lowest BCUT2D eigenvalue weighted by atomic mass is 9.76. The van der Waals surface area contributed by atoms with Gasteiger partial charge in [0.15, 0.2) is 0 Å². The first-order valence-corrected chi connectivity index (χ1v) is 13.5. The number of fused-ring (bicyclic) bond motifs is 6. The van der Waals surface area contributed by atoms with Gasteiger partial charge >= 0.3 is 0 Å². The quantitative estimate of drug-likeness (QED) is 0.350. The van der Waals surface area contributed by atoms with Crippen molar-refractivity contribution in [2.45, 2.75) is 40.7 Å². The maximum Gasteiger partial charge on any atom is 0.0271 e. The topological polar surface area (TPSA) is 27.8 Å². The Balaban J connectivity index is 1.39. The van der Waals surface area contributed by atoms with E-state index < -0.39 is 0 Å². The van der Waals surface area contributed by atoms with E-state index >= 15 is 0 Å². The van der Waals surface area contributed by atoms with Crippen LogP contribution in [-0.4, -0.2) is 28.2 Å². The van der Waals surface area contributed by atoms with Gasteiger partial charge in [0.05, 0.1) is 0 Å². The SMILES string of the molecule is Brc1cc(SC2C(Br)CCC3C4CNCCC4CC32)c2c3c[nH]ccc-3cc2c1. The Morgan fingerprint density at radius 1 is 1.03 bits per heavy atom. The highest BCUT2D eigenvalue weighted by molar-refractivity contribution is 9.10. The molecule has 0 spiro atoms. The van der Waals surface area contributed by atoms with Gasteiger partial charge in [-0.05, 0) is 97.7 Å². The van der Waals surface area contributed by atoms with Crippen molar-refractivity contribution < 1.29 is 0 Å². The van der Waals surface area contributed by atoms with Crippen LogP contribution in [0.25, 0.3) is 21.9 Å². The van der Waals surface area contributed by atoms with Crippen LogP contribution in [0.4, 0.5) is 0 Å². The van der Waals surface area contributed by atoms with Crippen LogP contribution in [0.15, 0.2) is 46.0 Å². The average molecular weight is 534 g/mol. The van der Waals surface area contributed by atoms with Crippen LogP contribution < -0.4 is 5.32 Å². The second kappa shape index (κ2) is 7.58. The fraction of sp³-hybridized carbons (Fsp3) is 0.500. The summed E-state index contributed by atoms with van der Waals surface area (Å²) in [6.45, 7) is 2.47. The number of alkyl halides is 1. The molecule has 2 aliphatic heterocycles. The Labute approximate surface area is 193 Å². The molecule has 6 unspecified atom stereocenters. The largest absolute Gasteiger partial charge is 0.367 e. The molecule has 152 valence electrons. The summed E-state index contributed by atoms with van der Waals surface area (Å²) in [5.74, 6) is 3.61. The van der Waals surface area contributed by atoms with Crippen LogP contribution in [0, 0.1) is 23.7 Å². The van der Waals surface area contributed by atoms with Crippen molar-refractivity contribution in [1.29, 1.82) is 0 Å². The standard InChI is InChI=1S/C24H26Br2N2S/c25-16-8-15-7-13-3-5-28-12-20(13)23(15)22(10-16)29-24-18-9-14-4-6-27-11-19(14)17(18)1-2-21(24)26/h3,5,7-8,10,12,14,17-19,21,24,27-28H,1-2,4,6,9,11H2. The van der Waals surface area contributed by atoms with E-state index in [-0.39, 0.29) is 0 Å². The van der Waals surface area contributed by atoms with E-state index in [1.807, 2.05) is 6.20 Å². The number of aromatic amines is 1. The van der Waals surface area contributed by atoms with Crippen molar-refractivity contribution in [1.82, 2.24) is 10.3 Å². The molecule has 5 heteroatoms. The van der Waals surface area contributed by atoms with Gasteiger partial charge in [-0.1, -0.05) is 31.9 Å². The Morgan fingerprint density at radius 3 is 2.90 bits per heavy atom. The van der Waals surface area contributed by atoms with Gasteiger partial charge in [0.2, 0.25) is 0 Å². The molecule has 5 aliphatic rings. The summed E-state index contributed by atoms with van der Waals surface area (Å²) < 4.78 is 1.19. The second-order valence-electron chi connectivity index (χ2n) is 9.18. The zero-order chi connectivity index (χ0) is 19.5. The molecule has 2 saturated carbocycles. The van der Waals surface area contributed by atoms with Crippen molar-refractivity contribution >= 4 is 54.4 Å². The number of hydrogen-bond donors (Lipinski definition) is 2. The third kappa shape index (κ3) is 3.22. The summed E-state index contributed by atoms with van der Waals surface area (Å²) in [6, 6.07) is 9.14. The molecule has 2 N–H and O–H groups in total. The number of hydrogen-bond acceptors (Lipinski definition) is 2. The Hall–Kier alpha value is -0.490. The lowest BCUT2D eigenvalue weighted by molar-refractivity contribution is 0.202. The minimum atomic E-state index is 0.615. The number of pyridine rings is 1. The van der Waals surface area contributed by atoms with E-state index in [9.17, 15) is 0 Å². The van der Waals surface area contributed by atoms with Crippen molar-refractivity contribution in [3.63, 3.8) is 0 Å². The number of benzene rings is 1. The summed E-state index contributed by atoms with van der Waals surface area (Å²) in [5.41, 5.74) is 2.67. The molecule has 3 fully saturated rings. The van der Waals surface area contributed by atoms with Gasteiger partial charge in [0.1, 0.15) is 0 Å². The van der Waals surface area contributed by atoms with Crippen LogP contribution >= 0.6 is 43.6 Å². The summed E-state index contributed by atoms with van der Waals surface area (Å²) >= 11 is 10.0. The summed E-state index contributed by atoms with van der Waals surface area (Å²) in [7, 11) is 0. The Morgan fingerprint density at radius 2 is 1.97 bits per heavy atom. The van der Waals surface area contributed by atoms with E-state index in [1.165, 1.54) is 70.0 Å². The van der Waals surface area contributed by atoms with Crippen molar-refractivity contribution in [2.24, 2.45) is 23.7 Å².